The van der Waals surface area contributed by atoms with Gasteiger partial charge in [0.25, 0.3) is 0 Å². The monoisotopic (exact) mass is 370 g/mol. The molecule has 23 heavy (non-hydrogen) atoms. The van der Waals surface area contributed by atoms with Gasteiger partial charge in [-0.1, -0.05) is 10.3 Å². The number of hydrogen-bond acceptors (Lipinski definition) is 5. The van der Waals surface area contributed by atoms with Gasteiger partial charge in [0.05, 0.1) is 0 Å². The number of phenolic OH excluding ortho intramolecular Hbond substituents is 2. The summed E-state index contributed by atoms with van der Waals surface area (Å²) >= 11 is 0. The van der Waals surface area contributed by atoms with Crippen LogP contribution in [0.25, 0.3) is 10.8 Å². The first-order valence-electron chi connectivity index (χ1n) is 6.05. The van der Waals surface area contributed by atoms with Gasteiger partial charge in [0.1, 0.15) is 11.5 Å². The number of aromatic hydroxyl groups is 2. The minimum atomic E-state index is -5.78. The summed E-state index contributed by atoms with van der Waals surface area (Å²) in [5.41, 5.74) is -5.54. The van der Waals surface area contributed by atoms with Gasteiger partial charge in [-0.2, -0.15) is 21.6 Å². The molecule has 0 atom stereocenters. The molecule has 0 aliphatic rings. The highest BCUT2D eigenvalue weighted by Crippen LogP contribution is 2.56. The smallest absolute Gasteiger partial charge is 0.508 e. The number of benzene rings is 2. The lowest BCUT2D eigenvalue weighted by atomic mass is 10.1. The van der Waals surface area contributed by atoms with E-state index >= 15 is 0 Å². The largest absolute Gasteiger partial charge is 0.523 e. The Kier molecular flexibility index (Phi) is 4.20. The van der Waals surface area contributed by atoms with Crippen LogP contribution >= 0.6 is 10.3 Å². The zero-order valence-corrected chi connectivity index (χ0v) is 13.6. The zero-order chi connectivity index (χ0) is 17.6. The van der Waals surface area contributed by atoms with Crippen molar-refractivity contribution in [2.24, 2.45) is 0 Å². The molecular weight excluding hydrogens is 357 g/mol. The maximum Gasteiger partial charge on any atom is 0.523 e. The molecule has 5 nitrogen and oxygen atoms in total. The molecule has 0 spiro atoms. The predicted octanol–water partition coefficient (Wildman–Crippen LogP) is 3.46. The fourth-order valence-corrected chi connectivity index (χ4v) is 5.51. The summed E-state index contributed by atoms with van der Waals surface area (Å²) in [5, 5.41) is 19.8. The third-order valence-electron chi connectivity index (χ3n) is 3.01. The second-order valence-electron chi connectivity index (χ2n) is 5.01. The molecule has 0 bridgehead atoms. The standard InChI is InChI=1S/C13H13F3O5S2/c1-22(2,21-23(19,20)13(14,15)16)12-6-5-11(18)9-4-3-8(17)7-10(9)12/h3-7,17-18H,1-2H3. The van der Waals surface area contributed by atoms with Gasteiger partial charge in [-0.25, -0.2) is 3.63 Å². The Morgan fingerprint density at radius 2 is 1.61 bits per heavy atom. The summed E-state index contributed by atoms with van der Waals surface area (Å²) < 4.78 is 64.6. The van der Waals surface area contributed by atoms with Gasteiger partial charge < -0.3 is 10.2 Å². The summed E-state index contributed by atoms with van der Waals surface area (Å²) in [6.07, 6.45) is 2.46. The quantitative estimate of drug-likeness (QED) is 0.809. The van der Waals surface area contributed by atoms with Crippen molar-refractivity contribution in [3.63, 3.8) is 0 Å². The molecule has 0 aliphatic carbocycles. The minimum absolute atomic E-state index is 0.147. The molecule has 2 aromatic rings. The van der Waals surface area contributed by atoms with Crippen LogP contribution in [-0.2, 0) is 13.7 Å². The fraction of sp³-hybridized carbons (Fsp3) is 0.231. The molecule has 0 aliphatic heterocycles. The Hall–Kier alpha value is -1.65. The van der Waals surface area contributed by atoms with Crippen molar-refractivity contribution in [3.8, 4) is 11.5 Å². The number of halogens is 3. The maximum atomic E-state index is 12.5. The van der Waals surface area contributed by atoms with Crippen molar-refractivity contribution in [3.05, 3.63) is 30.3 Å². The Morgan fingerprint density at radius 3 is 2.17 bits per heavy atom. The SMILES string of the molecule is CS(C)(OS(=O)(=O)C(F)(F)F)c1ccc(O)c2ccc(O)cc12. The molecule has 128 valence electrons. The van der Waals surface area contributed by atoms with E-state index in [1.165, 1.54) is 42.8 Å². The van der Waals surface area contributed by atoms with Crippen LogP contribution in [-0.4, -0.2) is 36.7 Å². The van der Waals surface area contributed by atoms with Crippen molar-refractivity contribution in [1.29, 1.82) is 0 Å². The fourth-order valence-electron chi connectivity index (χ4n) is 2.02. The molecule has 0 unspecified atom stereocenters. The first-order chi connectivity index (χ1) is 10.3. The maximum absolute atomic E-state index is 12.5. The zero-order valence-electron chi connectivity index (χ0n) is 12.0. The molecule has 0 amide bonds. The third kappa shape index (κ3) is 3.33. The molecule has 0 saturated carbocycles. The van der Waals surface area contributed by atoms with Gasteiger partial charge in [-0.05, 0) is 42.8 Å². The highest BCUT2D eigenvalue weighted by atomic mass is 32.3. The van der Waals surface area contributed by atoms with E-state index in [2.05, 4.69) is 3.63 Å². The molecule has 2 aromatic carbocycles. The van der Waals surface area contributed by atoms with Gasteiger partial charge in [-0.15, -0.1) is 0 Å². The number of hydrogen-bond donors (Lipinski definition) is 2. The lowest BCUT2D eigenvalue weighted by molar-refractivity contribution is -0.0495. The second kappa shape index (κ2) is 5.46. The van der Waals surface area contributed by atoms with E-state index in [4.69, 9.17) is 0 Å². The van der Waals surface area contributed by atoms with Gasteiger partial charge in [0, 0.05) is 15.7 Å². The Balaban J connectivity index is 2.63. The summed E-state index contributed by atoms with van der Waals surface area (Å²) in [6.45, 7) is 0. The normalized spacial score (nSPS) is 14.1. The number of rotatable bonds is 3. The van der Waals surface area contributed by atoms with E-state index in [-0.39, 0.29) is 27.2 Å². The topological polar surface area (TPSA) is 83.8 Å². The van der Waals surface area contributed by atoms with Gasteiger partial charge in [0.15, 0.2) is 0 Å². The summed E-state index contributed by atoms with van der Waals surface area (Å²) in [4.78, 5) is 0.147. The molecule has 10 heteroatoms. The molecule has 0 fully saturated rings. The Bertz CT molecular complexity index is 860. The summed E-state index contributed by atoms with van der Waals surface area (Å²) in [7, 11) is -8.67. The lowest BCUT2D eigenvalue weighted by Crippen LogP contribution is -2.26. The van der Waals surface area contributed by atoms with Crippen LogP contribution in [0.4, 0.5) is 13.2 Å². The van der Waals surface area contributed by atoms with E-state index in [0.29, 0.717) is 0 Å². The highest BCUT2D eigenvalue weighted by molar-refractivity contribution is 8.32. The third-order valence-corrected chi connectivity index (χ3v) is 7.07. The average Bonchev–Trinajstić information content (AvgIpc) is 2.35. The molecular formula is C13H13F3O5S2. The van der Waals surface area contributed by atoms with Gasteiger partial charge in [0.2, 0.25) is 0 Å². The second-order valence-corrected chi connectivity index (χ2v) is 9.84. The van der Waals surface area contributed by atoms with Crippen LogP contribution in [0.5, 0.6) is 11.5 Å². The molecule has 0 aromatic heterocycles. The number of fused-ring (bicyclic) bond motifs is 1. The Labute approximate surface area is 132 Å². The van der Waals surface area contributed by atoms with Crippen LogP contribution in [0.15, 0.2) is 35.2 Å². The molecule has 0 heterocycles. The molecule has 2 rings (SSSR count). The van der Waals surface area contributed by atoms with Crippen molar-refractivity contribution in [2.45, 2.75) is 10.4 Å². The molecule has 0 saturated heterocycles. The predicted molar refractivity (Wildman–Crippen MR) is 81.0 cm³/mol. The van der Waals surface area contributed by atoms with Gasteiger partial charge >= 0.3 is 15.6 Å². The van der Waals surface area contributed by atoms with Crippen molar-refractivity contribution < 1.29 is 35.4 Å². The first-order valence-corrected chi connectivity index (χ1v) is 9.84. The van der Waals surface area contributed by atoms with Crippen LogP contribution < -0.4 is 0 Å². The van der Waals surface area contributed by atoms with Crippen molar-refractivity contribution in [1.82, 2.24) is 0 Å². The number of phenols is 2. The minimum Gasteiger partial charge on any atom is -0.508 e. The average molecular weight is 370 g/mol. The van der Waals surface area contributed by atoms with E-state index in [1.807, 2.05) is 0 Å². The van der Waals surface area contributed by atoms with E-state index in [9.17, 15) is 31.8 Å². The lowest BCUT2D eigenvalue weighted by Gasteiger charge is -2.31. The van der Waals surface area contributed by atoms with Crippen molar-refractivity contribution in [2.75, 3.05) is 12.5 Å². The van der Waals surface area contributed by atoms with E-state index in [0.717, 1.165) is 0 Å². The van der Waals surface area contributed by atoms with Gasteiger partial charge in [-0.3, -0.25) is 0 Å². The van der Waals surface area contributed by atoms with Crippen LogP contribution in [0.1, 0.15) is 0 Å². The van der Waals surface area contributed by atoms with Crippen molar-refractivity contribution >= 4 is 31.2 Å². The molecule has 0 radical (unpaired) electrons. The molecule has 2 N–H and O–H groups in total. The highest BCUT2D eigenvalue weighted by Gasteiger charge is 2.50. The van der Waals surface area contributed by atoms with E-state index in [1.54, 1.807) is 0 Å². The van der Waals surface area contributed by atoms with Crippen LogP contribution in [0.2, 0.25) is 0 Å². The summed E-state index contributed by atoms with van der Waals surface area (Å²) in [6, 6.07) is 6.40. The number of alkyl halides is 3. The summed E-state index contributed by atoms with van der Waals surface area (Å²) in [5.74, 6) is -0.337. The Morgan fingerprint density at radius 1 is 1.00 bits per heavy atom. The van der Waals surface area contributed by atoms with Crippen LogP contribution in [0.3, 0.4) is 0 Å². The first kappa shape index (κ1) is 17.7. The van der Waals surface area contributed by atoms with Crippen LogP contribution in [0, 0.1) is 0 Å². The van der Waals surface area contributed by atoms with E-state index < -0.39 is 25.9 Å².